The third kappa shape index (κ3) is 4.61. The van der Waals surface area contributed by atoms with Gasteiger partial charge >= 0.3 is 5.97 Å². The monoisotopic (exact) mass is 362 g/mol. The molecule has 0 spiro atoms. The van der Waals surface area contributed by atoms with Crippen LogP contribution in [0.3, 0.4) is 0 Å². The third-order valence-corrected chi connectivity index (χ3v) is 4.14. The summed E-state index contributed by atoms with van der Waals surface area (Å²) in [4.78, 5) is 22.7. The van der Waals surface area contributed by atoms with Crippen LogP contribution in [0.1, 0.15) is 28.5 Å². The average Bonchev–Trinajstić information content (AvgIpc) is 2.66. The Morgan fingerprint density at radius 2 is 1.78 bits per heavy atom. The van der Waals surface area contributed by atoms with Crippen LogP contribution >= 0.6 is 0 Å². The molecule has 0 saturated carbocycles. The molecule has 27 heavy (non-hydrogen) atoms. The first-order valence-electron chi connectivity index (χ1n) is 8.80. The lowest BCUT2D eigenvalue weighted by molar-refractivity contribution is 0.0698. The fourth-order valence-electron chi connectivity index (χ4n) is 2.80. The van der Waals surface area contributed by atoms with Gasteiger partial charge in [0, 0.05) is 24.8 Å². The number of nitrogens with one attached hydrogen (secondary N) is 1. The summed E-state index contributed by atoms with van der Waals surface area (Å²) in [5, 5.41) is 12.5. The van der Waals surface area contributed by atoms with Gasteiger partial charge in [-0.1, -0.05) is 42.5 Å². The van der Waals surface area contributed by atoms with Gasteiger partial charge in [0.2, 0.25) is 5.95 Å². The van der Waals surface area contributed by atoms with Gasteiger partial charge in [0.15, 0.2) is 0 Å². The second-order valence-electron chi connectivity index (χ2n) is 6.17. The molecule has 2 N–H and O–H groups in total. The van der Waals surface area contributed by atoms with Crippen molar-refractivity contribution in [3.05, 3.63) is 77.5 Å². The Hall–Kier alpha value is -3.41. The highest BCUT2D eigenvalue weighted by atomic mass is 16.4. The summed E-state index contributed by atoms with van der Waals surface area (Å²) in [7, 11) is 0. The molecule has 0 bridgehead atoms. The summed E-state index contributed by atoms with van der Waals surface area (Å²) in [5.74, 6) is 0.192. The van der Waals surface area contributed by atoms with Crippen LogP contribution in [0, 0.1) is 6.92 Å². The summed E-state index contributed by atoms with van der Waals surface area (Å²) in [5.41, 5.74) is 2.68. The molecule has 0 amide bonds. The zero-order valence-electron chi connectivity index (χ0n) is 15.4. The van der Waals surface area contributed by atoms with Gasteiger partial charge in [0.25, 0.3) is 0 Å². The summed E-state index contributed by atoms with van der Waals surface area (Å²) in [6.45, 7) is 5.41. The molecule has 6 heteroatoms. The number of carboxylic acids is 1. The maximum absolute atomic E-state index is 11.4. The van der Waals surface area contributed by atoms with E-state index in [2.05, 4.69) is 39.2 Å². The SMILES string of the molecule is CCN(Cc1ccccc1)c1nc(C)cc(Nc2ccccc2C(=O)O)n1. The predicted octanol–water partition coefficient (Wildman–Crippen LogP) is 4.25. The van der Waals surface area contributed by atoms with Crippen molar-refractivity contribution in [3.63, 3.8) is 0 Å². The number of nitrogens with zero attached hydrogens (tertiary/aromatic N) is 3. The number of anilines is 3. The quantitative estimate of drug-likeness (QED) is 0.654. The Morgan fingerprint density at radius 3 is 2.48 bits per heavy atom. The van der Waals surface area contributed by atoms with E-state index >= 15 is 0 Å². The molecule has 138 valence electrons. The zero-order chi connectivity index (χ0) is 19.2. The molecule has 0 aliphatic rings. The van der Waals surface area contributed by atoms with Crippen LogP contribution in [0.5, 0.6) is 0 Å². The normalized spacial score (nSPS) is 10.4. The van der Waals surface area contributed by atoms with Crippen LogP contribution in [-0.4, -0.2) is 27.6 Å². The second kappa shape index (κ2) is 8.31. The number of carbonyl (C=O) groups is 1. The van der Waals surface area contributed by atoms with Crippen LogP contribution in [0.25, 0.3) is 0 Å². The highest BCUT2D eigenvalue weighted by Crippen LogP contribution is 2.22. The fourth-order valence-corrected chi connectivity index (χ4v) is 2.80. The number of para-hydroxylation sites is 1. The van der Waals surface area contributed by atoms with Gasteiger partial charge in [0.05, 0.1) is 11.3 Å². The number of hydrogen-bond donors (Lipinski definition) is 2. The molecule has 0 atom stereocenters. The molecular formula is C21H22N4O2. The van der Waals surface area contributed by atoms with E-state index in [0.29, 0.717) is 24.0 Å². The van der Waals surface area contributed by atoms with Crippen molar-refractivity contribution < 1.29 is 9.90 Å². The molecule has 1 heterocycles. The van der Waals surface area contributed by atoms with Crippen molar-refractivity contribution in [1.29, 1.82) is 0 Å². The minimum absolute atomic E-state index is 0.201. The van der Waals surface area contributed by atoms with Gasteiger partial charge in [-0.3, -0.25) is 0 Å². The molecule has 0 radical (unpaired) electrons. The standard InChI is InChI=1S/C21H22N4O2/c1-3-25(14-16-9-5-4-6-10-16)21-22-15(2)13-19(24-21)23-18-12-8-7-11-17(18)20(26)27/h4-13H,3,14H2,1-2H3,(H,26,27)(H,22,23,24). The lowest BCUT2D eigenvalue weighted by atomic mass is 10.2. The van der Waals surface area contributed by atoms with Crippen molar-refractivity contribution >= 4 is 23.4 Å². The first-order valence-corrected chi connectivity index (χ1v) is 8.80. The van der Waals surface area contributed by atoms with Crippen LogP contribution in [0.15, 0.2) is 60.7 Å². The van der Waals surface area contributed by atoms with Crippen LogP contribution in [0.4, 0.5) is 17.5 Å². The number of aryl methyl sites for hydroxylation is 1. The van der Waals surface area contributed by atoms with Gasteiger partial charge in [-0.25, -0.2) is 9.78 Å². The Bertz CT molecular complexity index is 928. The number of carboxylic acid groups (broad SMARTS) is 1. The van der Waals surface area contributed by atoms with Crippen LogP contribution in [0.2, 0.25) is 0 Å². The molecule has 0 aliphatic heterocycles. The van der Waals surface area contributed by atoms with Gasteiger partial charge in [-0.2, -0.15) is 4.98 Å². The van der Waals surface area contributed by atoms with Gasteiger partial charge in [-0.15, -0.1) is 0 Å². The lowest BCUT2D eigenvalue weighted by Gasteiger charge is -2.22. The highest BCUT2D eigenvalue weighted by molar-refractivity contribution is 5.95. The van der Waals surface area contributed by atoms with Crippen LogP contribution < -0.4 is 10.2 Å². The Labute approximate surface area is 158 Å². The minimum atomic E-state index is -0.983. The number of hydrogen-bond acceptors (Lipinski definition) is 5. The van der Waals surface area contributed by atoms with Gasteiger partial charge < -0.3 is 15.3 Å². The molecule has 1 aromatic heterocycles. The predicted molar refractivity (Wildman–Crippen MR) is 107 cm³/mol. The molecule has 0 unspecified atom stereocenters. The second-order valence-corrected chi connectivity index (χ2v) is 6.17. The van der Waals surface area contributed by atoms with Crippen molar-refractivity contribution in [2.75, 3.05) is 16.8 Å². The minimum Gasteiger partial charge on any atom is -0.478 e. The molecule has 3 rings (SSSR count). The Balaban J connectivity index is 1.89. The Kier molecular flexibility index (Phi) is 5.66. The first kappa shape index (κ1) is 18.4. The molecule has 6 nitrogen and oxygen atoms in total. The maximum Gasteiger partial charge on any atom is 0.337 e. The first-order chi connectivity index (χ1) is 13.1. The number of aromatic nitrogens is 2. The van der Waals surface area contributed by atoms with E-state index in [4.69, 9.17) is 0 Å². The van der Waals surface area contributed by atoms with E-state index in [1.54, 1.807) is 30.3 Å². The fraction of sp³-hybridized carbons (Fsp3) is 0.190. The van der Waals surface area contributed by atoms with Crippen LogP contribution in [-0.2, 0) is 6.54 Å². The maximum atomic E-state index is 11.4. The van der Waals surface area contributed by atoms with E-state index in [1.807, 2.05) is 25.1 Å². The Morgan fingerprint density at radius 1 is 1.07 bits per heavy atom. The largest absolute Gasteiger partial charge is 0.478 e. The number of aromatic carboxylic acids is 1. The molecular weight excluding hydrogens is 340 g/mol. The average molecular weight is 362 g/mol. The van der Waals surface area contributed by atoms with E-state index in [9.17, 15) is 9.90 Å². The van der Waals surface area contributed by atoms with Gasteiger partial charge in [0.1, 0.15) is 5.82 Å². The molecule has 0 fully saturated rings. The summed E-state index contributed by atoms with van der Waals surface area (Å²) in [6.07, 6.45) is 0. The van der Waals surface area contributed by atoms with Crippen molar-refractivity contribution in [3.8, 4) is 0 Å². The van der Waals surface area contributed by atoms with Crippen molar-refractivity contribution in [2.24, 2.45) is 0 Å². The molecule has 3 aromatic rings. The summed E-state index contributed by atoms with van der Waals surface area (Å²) >= 11 is 0. The van der Waals surface area contributed by atoms with Crippen molar-refractivity contribution in [1.82, 2.24) is 9.97 Å². The smallest absolute Gasteiger partial charge is 0.337 e. The molecule has 0 saturated heterocycles. The van der Waals surface area contributed by atoms with Crippen molar-refractivity contribution in [2.45, 2.75) is 20.4 Å². The molecule has 0 aliphatic carbocycles. The number of rotatable bonds is 7. The zero-order valence-corrected chi connectivity index (χ0v) is 15.4. The lowest BCUT2D eigenvalue weighted by Crippen LogP contribution is -2.24. The summed E-state index contributed by atoms with van der Waals surface area (Å²) in [6, 6.07) is 18.7. The summed E-state index contributed by atoms with van der Waals surface area (Å²) < 4.78 is 0. The van der Waals surface area contributed by atoms with E-state index in [-0.39, 0.29) is 5.56 Å². The van der Waals surface area contributed by atoms with Gasteiger partial charge in [-0.05, 0) is 31.5 Å². The van der Waals surface area contributed by atoms with E-state index < -0.39 is 5.97 Å². The number of benzene rings is 2. The highest BCUT2D eigenvalue weighted by Gasteiger charge is 2.13. The molecule has 2 aromatic carbocycles. The third-order valence-electron chi connectivity index (χ3n) is 4.14. The van der Waals surface area contributed by atoms with E-state index in [1.165, 1.54) is 5.56 Å². The topological polar surface area (TPSA) is 78.4 Å². The van der Waals surface area contributed by atoms with E-state index in [0.717, 1.165) is 12.2 Å².